The number of para-hydroxylation sites is 1. The van der Waals surface area contributed by atoms with Crippen molar-refractivity contribution in [2.24, 2.45) is 0 Å². The summed E-state index contributed by atoms with van der Waals surface area (Å²) in [6, 6.07) is 14.3. The molecule has 0 aliphatic carbocycles. The molecule has 4 rings (SSSR count). The summed E-state index contributed by atoms with van der Waals surface area (Å²) in [7, 11) is 3.13. The van der Waals surface area contributed by atoms with Gasteiger partial charge in [-0.25, -0.2) is 4.98 Å². The first-order valence-electron chi connectivity index (χ1n) is 10.5. The Balaban J connectivity index is 1.68. The van der Waals surface area contributed by atoms with Crippen LogP contribution in [0, 0.1) is 6.92 Å². The molecule has 0 aliphatic heterocycles. The molecule has 0 spiro atoms. The van der Waals surface area contributed by atoms with Gasteiger partial charge < -0.3 is 19.3 Å². The van der Waals surface area contributed by atoms with Crippen molar-refractivity contribution < 1.29 is 18.8 Å². The van der Waals surface area contributed by atoms with Crippen molar-refractivity contribution in [1.29, 1.82) is 0 Å². The zero-order valence-electron chi connectivity index (χ0n) is 19.2. The topological polar surface area (TPSA) is 108 Å². The van der Waals surface area contributed by atoms with Crippen molar-refractivity contribution in [3.63, 3.8) is 0 Å². The number of carbonyl (C=O) groups is 1. The van der Waals surface area contributed by atoms with E-state index in [-0.39, 0.29) is 18.0 Å². The third-order valence-electron chi connectivity index (χ3n) is 5.15. The molecule has 1 amide bonds. The van der Waals surface area contributed by atoms with E-state index in [1.54, 1.807) is 63.0 Å². The number of ether oxygens (including phenoxy) is 2. The standard InChI is InChI=1S/C24H24N4O5S/c1-14-11-21(27-33-14)26-22(29)15(2)34-24-25-18-8-6-5-7-17(18)23(30)28(24)13-16-9-10-19(31-3)20(12-16)32-4/h5-12,15H,13H2,1-4H3,(H,26,27,29). The number of rotatable bonds is 8. The van der Waals surface area contributed by atoms with E-state index in [0.29, 0.717) is 39.1 Å². The third kappa shape index (κ3) is 4.91. The number of benzene rings is 2. The fourth-order valence-electron chi connectivity index (χ4n) is 3.40. The van der Waals surface area contributed by atoms with Gasteiger partial charge in [-0.3, -0.25) is 14.2 Å². The average Bonchev–Trinajstić information content (AvgIpc) is 3.25. The zero-order chi connectivity index (χ0) is 24.2. The quantitative estimate of drug-likeness (QED) is 0.299. The first-order valence-corrected chi connectivity index (χ1v) is 11.4. The van der Waals surface area contributed by atoms with Crippen LogP contribution >= 0.6 is 11.8 Å². The van der Waals surface area contributed by atoms with E-state index < -0.39 is 5.25 Å². The summed E-state index contributed by atoms with van der Waals surface area (Å²) in [5.74, 6) is 1.81. The molecule has 0 bridgehead atoms. The van der Waals surface area contributed by atoms with Crippen LogP contribution in [0.4, 0.5) is 5.82 Å². The van der Waals surface area contributed by atoms with Crippen LogP contribution in [0.1, 0.15) is 18.2 Å². The molecule has 0 saturated carbocycles. The van der Waals surface area contributed by atoms with Crippen LogP contribution in [0.3, 0.4) is 0 Å². The van der Waals surface area contributed by atoms with E-state index in [0.717, 1.165) is 5.56 Å². The van der Waals surface area contributed by atoms with E-state index in [2.05, 4.69) is 10.5 Å². The molecule has 2 heterocycles. The molecule has 0 saturated heterocycles. The molecular formula is C24H24N4O5S. The number of anilines is 1. The summed E-state index contributed by atoms with van der Waals surface area (Å²) in [5.41, 5.74) is 1.20. The van der Waals surface area contributed by atoms with E-state index >= 15 is 0 Å². The molecular weight excluding hydrogens is 456 g/mol. The van der Waals surface area contributed by atoms with Gasteiger partial charge in [0.05, 0.1) is 36.9 Å². The van der Waals surface area contributed by atoms with Crippen LogP contribution in [-0.2, 0) is 11.3 Å². The van der Waals surface area contributed by atoms with Crippen LogP contribution in [0.2, 0.25) is 0 Å². The maximum atomic E-state index is 13.4. The Hall–Kier alpha value is -3.79. The molecule has 10 heteroatoms. The van der Waals surface area contributed by atoms with Crippen molar-refractivity contribution in [2.45, 2.75) is 30.8 Å². The second-order valence-corrected chi connectivity index (χ2v) is 8.87. The summed E-state index contributed by atoms with van der Waals surface area (Å²) in [4.78, 5) is 30.8. The van der Waals surface area contributed by atoms with Crippen molar-refractivity contribution in [1.82, 2.24) is 14.7 Å². The fraction of sp³-hybridized carbons (Fsp3) is 0.250. The molecule has 0 radical (unpaired) electrons. The third-order valence-corrected chi connectivity index (χ3v) is 6.24. The SMILES string of the molecule is COc1ccc(Cn2c(SC(C)C(=O)Nc3cc(C)on3)nc3ccccc3c2=O)cc1OC. The minimum absolute atomic E-state index is 0.192. The fourth-order valence-corrected chi connectivity index (χ4v) is 4.31. The van der Waals surface area contributed by atoms with Gasteiger partial charge >= 0.3 is 0 Å². The highest BCUT2D eigenvalue weighted by atomic mass is 32.2. The van der Waals surface area contributed by atoms with Gasteiger partial charge in [0.2, 0.25) is 5.91 Å². The molecule has 4 aromatic rings. The number of methoxy groups -OCH3 is 2. The molecule has 0 aliphatic rings. The lowest BCUT2D eigenvalue weighted by molar-refractivity contribution is -0.115. The summed E-state index contributed by atoms with van der Waals surface area (Å²) in [5, 5.41) is 6.89. The zero-order valence-corrected chi connectivity index (χ0v) is 20.0. The Bertz CT molecular complexity index is 1400. The summed E-state index contributed by atoms with van der Waals surface area (Å²) in [6.45, 7) is 3.73. The smallest absolute Gasteiger partial charge is 0.262 e. The van der Waals surface area contributed by atoms with E-state index in [1.807, 2.05) is 18.2 Å². The Morgan fingerprint density at radius 1 is 1.15 bits per heavy atom. The maximum absolute atomic E-state index is 13.4. The number of fused-ring (bicyclic) bond motifs is 1. The highest BCUT2D eigenvalue weighted by molar-refractivity contribution is 8.00. The molecule has 1 atom stereocenters. The lowest BCUT2D eigenvalue weighted by atomic mass is 10.2. The van der Waals surface area contributed by atoms with Crippen LogP contribution < -0.4 is 20.3 Å². The van der Waals surface area contributed by atoms with Gasteiger partial charge in [0, 0.05) is 6.07 Å². The number of aromatic nitrogens is 3. The number of hydrogen-bond donors (Lipinski definition) is 1. The Morgan fingerprint density at radius 2 is 1.91 bits per heavy atom. The summed E-state index contributed by atoms with van der Waals surface area (Å²) in [6.07, 6.45) is 0. The monoisotopic (exact) mass is 480 g/mol. The Morgan fingerprint density at radius 3 is 2.62 bits per heavy atom. The predicted molar refractivity (Wildman–Crippen MR) is 130 cm³/mol. The van der Waals surface area contributed by atoms with Gasteiger partial charge in [0.15, 0.2) is 22.5 Å². The largest absolute Gasteiger partial charge is 0.493 e. The van der Waals surface area contributed by atoms with Crippen molar-refractivity contribution in [3.05, 3.63) is 70.2 Å². The lowest BCUT2D eigenvalue weighted by Crippen LogP contribution is -2.27. The van der Waals surface area contributed by atoms with E-state index in [9.17, 15) is 9.59 Å². The number of amides is 1. The first kappa shape index (κ1) is 23.4. The highest BCUT2D eigenvalue weighted by Gasteiger charge is 2.21. The van der Waals surface area contributed by atoms with Gasteiger partial charge in [-0.1, -0.05) is 35.1 Å². The molecule has 2 aromatic heterocycles. The van der Waals surface area contributed by atoms with E-state index in [4.69, 9.17) is 19.0 Å². The average molecular weight is 481 g/mol. The lowest BCUT2D eigenvalue weighted by Gasteiger charge is -2.17. The summed E-state index contributed by atoms with van der Waals surface area (Å²) >= 11 is 1.20. The number of hydrogen-bond acceptors (Lipinski definition) is 8. The number of aryl methyl sites for hydroxylation is 1. The van der Waals surface area contributed by atoms with Crippen molar-refractivity contribution in [2.75, 3.05) is 19.5 Å². The Labute approximate surface area is 200 Å². The molecule has 2 aromatic carbocycles. The maximum Gasteiger partial charge on any atom is 0.262 e. The number of nitrogens with one attached hydrogen (secondary N) is 1. The normalized spacial score (nSPS) is 11.9. The highest BCUT2D eigenvalue weighted by Crippen LogP contribution is 2.29. The molecule has 0 fully saturated rings. The van der Waals surface area contributed by atoms with Gasteiger partial charge in [0.25, 0.3) is 5.56 Å². The summed E-state index contributed by atoms with van der Waals surface area (Å²) < 4.78 is 17.3. The number of thioether (sulfide) groups is 1. The molecule has 34 heavy (non-hydrogen) atoms. The van der Waals surface area contributed by atoms with Crippen LogP contribution in [-0.4, -0.2) is 40.1 Å². The minimum atomic E-state index is -0.554. The van der Waals surface area contributed by atoms with Crippen molar-refractivity contribution in [3.8, 4) is 11.5 Å². The Kier molecular flexibility index (Phi) is 6.87. The van der Waals surface area contributed by atoms with Crippen LogP contribution in [0.25, 0.3) is 10.9 Å². The van der Waals surface area contributed by atoms with Crippen LogP contribution in [0.5, 0.6) is 11.5 Å². The predicted octanol–water partition coefficient (Wildman–Crippen LogP) is 3.88. The second-order valence-electron chi connectivity index (χ2n) is 7.56. The first-order chi connectivity index (χ1) is 16.4. The van der Waals surface area contributed by atoms with Gasteiger partial charge in [-0.15, -0.1) is 0 Å². The van der Waals surface area contributed by atoms with Crippen LogP contribution in [0.15, 0.2) is 63.0 Å². The molecule has 176 valence electrons. The minimum Gasteiger partial charge on any atom is -0.493 e. The number of nitrogens with zero attached hydrogens (tertiary/aromatic N) is 3. The number of carbonyl (C=O) groups excluding carboxylic acids is 1. The second kappa shape index (κ2) is 10.0. The van der Waals surface area contributed by atoms with Gasteiger partial charge in [-0.2, -0.15) is 0 Å². The van der Waals surface area contributed by atoms with Gasteiger partial charge in [-0.05, 0) is 43.7 Å². The molecule has 1 unspecified atom stereocenters. The van der Waals surface area contributed by atoms with E-state index in [1.165, 1.54) is 11.8 Å². The van der Waals surface area contributed by atoms with Crippen molar-refractivity contribution >= 4 is 34.4 Å². The molecule has 1 N–H and O–H groups in total. The van der Waals surface area contributed by atoms with Gasteiger partial charge in [0.1, 0.15) is 5.76 Å². The molecule has 9 nitrogen and oxygen atoms in total.